The molecule has 1 heterocycles. The van der Waals surface area contributed by atoms with Crippen molar-refractivity contribution in [1.29, 1.82) is 0 Å². The summed E-state index contributed by atoms with van der Waals surface area (Å²) in [4.78, 5) is 11.9. The van der Waals surface area contributed by atoms with Crippen molar-refractivity contribution < 1.29 is 22.1 Å². The summed E-state index contributed by atoms with van der Waals surface area (Å²) in [6.07, 6.45) is 0. The largest absolute Gasteiger partial charge is 0.458 e. The summed E-state index contributed by atoms with van der Waals surface area (Å²) >= 11 is 0. The third-order valence-electron chi connectivity index (χ3n) is 2.36. The highest BCUT2D eigenvalue weighted by molar-refractivity contribution is 7.84. The van der Waals surface area contributed by atoms with E-state index in [0.29, 0.717) is 0 Å². The Bertz CT molecular complexity index is 397. The van der Waals surface area contributed by atoms with Gasteiger partial charge in [-0.05, 0) is 27.7 Å². The molecule has 0 N–H and O–H groups in total. The second kappa shape index (κ2) is 3.68. The molecule has 1 aliphatic rings. The first kappa shape index (κ1) is 13.4. The number of carbonyl (C=O) groups is 1. The van der Waals surface area contributed by atoms with E-state index in [1.807, 2.05) is 0 Å². The van der Waals surface area contributed by atoms with E-state index in [1.54, 1.807) is 20.8 Å². The van der Waals surface area contributed by atoms with E-state index in [4.69, 9.17) is 4.74 Å². The molecule has 0 aromatic carbocycles. The lowest BCUT2D eigenvalue weighted by Crippen LogP contribution is -2.51. The fraction of sp³-hybridized carbons (Fsp3) is 0.889. The normalized spacial score (nSPS) is 30.3. The summed E-state index contributed by atoms with van der Waals surface area (Å²) in [5.41, 5.74) is -1.95. The van der Waals surface area contributed by atoms with Crippen LogP contribution in [-0.4, -0.2) is 43.5 Å². The number of ether oxygens (including phenoxy) is 1. The van der Waals surface area contributed by atoms with Crippen molar-refractivity contribution in [1.82, 2.24) is 4.31 Å². The van der Waals surface area contributed by atoms with Crippen LogP contribution in [0.25, 0.3) is 0 Å². The average molecular weight is 251 g/mol. The fourth-order valence-corrected chi connectivity index (χ4v) is 2.34. The van der Waals surface area contributed by atoms with Gasteiger partial charge in [-0.15, -0.1) is 0 Å². The molecular formula is C9H17NO5S. The van der Waals surface area contributed by atoms with Crippen LogP contribution in [0.1, 0.15) is 27.7 Å². The van der Waals surface area contributed by atoms with Gasteiger partial charge >= 0.3 is 16.3 Å². The van der Waals surface area contributed by atoms with E-state index in [9.17, 15) is 13.2 Å². The zero-order valence-corrected chi connectivity index (χ0v) is 10.9. The fourth-order valence-electron chi connectivity index (χ4n) is 1.18. The standard InChI is InChI=1S/C9H17NO5S/c1-8(2,3)15-7(11)9(4)6-14-16(12,13)10(9)5/h6H2,1-5H3/t9-/m0/s1. The quantitative estimate of drug-likeness (QED) is 0.626. The lowest BCUT2D eigenvalue weighted by atomic mass is 10.0. The molecule has 0 saturated carbocycles. The Morgan fingerprint density at radius 1 is 1.44 bits per heavy atom. The highest BCUT2D eigenvalue weighted by Crippen LogP contribution is 2.29. The Morgan fingerprint density at radius 3 is 2.25 bits per heavy atom. The third-order valence-corrected chi connectivity index (χ3v) is 3.85. The van der Waals surface area contributed by atoms with Gasteiger partial charge in [0.1, 0.15) is 5.60 Å². The van der Waals surface area contributed by atoms with Crippen LogP contribution in [0.2, 0.25) is 0 Å². The van der Waals surface area contributed by atoms with Crippen molar-refractivity contribution in [2.45, 2.75) is 38.8 Å². The van der Waals surface area contributed by atoms with Gasteiger partial charge in [-0.1, -0.05) is 0 Å². The van der Waals surface area contributed by atoms with Gasteiger partial charge in [0, 0.05) is 7.05 Å². The smallest absolute Gasteiger partial charge is 0.339 e. The molecule has 1 aliphatic heterocycles. The van der Waals surface area contributed by atoms with E-state index in [2.05, 4.69) is 4.18 Å². The minimum Gasteiger partial charge on any atom is -0.458 e. The first-order valence-corrected chi connectivity index (χ1v) is 6.22. The summed E-state index contributed by atoms with van der Waals surface area (Å²) in [5, 5.41) is 0. The molecule has 1 rings (SSSR count). The summed E-state index contributed by atoms with van der Waals surface area (Å²) < 4.78 is 33.3. The van der Waals surface area contributed by atoms with Crippen LogP contribution in [0.4, 0.5) is 0 Å². The number of esters is 1. The average Bonchev–Trinajstić information content (AvgIpc) is 2.28. The van der Waals surface area contributed by atoms with Gasteiger partial charge < -0.3 is 4.74 Å². The van der Waals surface area contributed by atoms with Crippen molar-refractivity contribution in [3.63, 3.8) is 0 Å². The minimum absolute atomic E-state index is 0.221. The molecule has 1 atom stereocenters. The lowest BCUT2D eigenvalue weighted by Gasteiger charge is -2.29. The van der Waals surface area contributed by atoms with Gasteiger partial charge in [0.25, 0.3) is 0 Å². The van der Waals surface area contributed by atoms with Crippen LogP contribution in [0, 0.1) is 0 Å². The number of hydrogen-bond donors (Lipinski definition) is 0. The first-order valence-electron chi connectivity index (χ1n) is 4.86. The number of rotatable bonds is 1. The van der Waals surface area contributed by atoms with E-state index < -0.39 is 27.4 Å². The van der Waals surface area contributed by atoms with Crippen molar-refractivity contribution in [2.24, 2.45) is 0 Å². The van der Waals surface area contributed by atoms with Gasteiger partial charge in [0.15, 0.2) is 5.54 Å². The molecule has 7 heteroatoms. The molecule has 0 aromatic heterocycles. The van der Waals surface area contributed by atoms with Gasteiger partial charge in [0.2, 0.25) is 0 Å². The molecule has 1 saturated heterocycles. The summed E-state index contributed by atoms with van der Waals surface area (Å²) in [7, 11) is -2.50. The molecule has 16 heavy (non-hydrogen) atoms. The van der Waals surface area contributed by atoms with Gasteiger partial charge in [-0.3, -0.25) is 4.18 Å². The monoisotopic (exact) mass is 251 g/mol. The molecule has 6 nitrogen and oxygen atoms in total. The maximum absolute atomic E-state index is 11.9. The lowest BCUT2D eigenvalue weighted by molar-refractivity contribution is -0.165. The van der Waals surface area contributed by atoms with Crippen LogP contribution >= 0.6 is 0 Å². The van der Waals surface area contributed by atoms with Crippen molar-refractivity contribution in [2.75, 3.05) is 13.7 Å². The molecule has 0 aliphatic carbocycles. The molecule has 94 valence electrons. The van der Waals surface area contributed by atoms with Crippen molar-refractivity contribution in [3.05, 3.63) is 0 Å². The van der Waals surface area contributed by atoms with Gasteiger partial charge in [-0.25, -0.2) is 4.79 Å². The van der Waals surface area contributed by atoms with E-state index in [-0.39, 0.29) is 6.61 Å². The van der Waals surface area contributed by atoms with Crippen LogP contribution in [-0.2, 0) is 24.0 Å². The number of likely N-dealkylation sites (N-methyl/N-ethyl adjacent to an activating group) is 1. The Morgan fingerprint density at radius 2 is 1.94 bits per heavy atom. The van der Waals surface area contributed by atoms with E-state index in [1.165, 1.54) is 14.0 Å². The van der Waals surface area contributed by atoms with E-state index in [0.717, 1.165) is 4.31 Å². The molecule has 0 bridgehead atoms. The number of hydrogen-bond acceptors (Lipinski definition) is 5. The van der Waals surface area contributed by atoms with Crippen molar-refractivity contribution >= 4 is 16.3 Å². The van der Waals surface area contributed by atoms with Gasteiger partial charge in [-0.2, -0.15) is 12.7 Å². The molecular weight excluding hydrogens is 234 g/mol. The molecule has 0 amide bonds. The Labute approximate surface area is 95.8 Å². The zero-order chi connectivity index (χ0) is 12.8. The summed E-state index contributed by atoms with van der Waals surface area (Å²) in [6, 6.07) is 0. The molecule has 1 fully saturated rings. The predicted molar refractivity (Wildman–Crippen MR) is 56.9 cm³/mol. The summed E-state index contributed by atoms with van der Waals surface area (Å²) in [6.45, 7) is 6.42. The van der Waals surface area contributed by atoms with E-state index >= 15 is 0 Å². The maximum atomic E-state index is 11.9. The number of carbonyl (C=O) groups excluding carboxylic acids is 1. The zero-order valence-electron chi connectivity index (χ0n) is 10.1. The van der Waals surface area contributed by atoms with Crippen LogP contribution in [0.3, 0.4) is 0 Å². The Hall–Kier alpha value is -0.660. The van der Waals surface area contributed by atoms with Crippen LogP contribution in [0.5, 0.6) is 0 Å². The van der Waals surface area contributed by atoms with Gasteiger partial charge in [0.05, 0.1) is 6.61 Å². The van der Waals surface area contributed by atoms with Crippen LogP contribution in [0.15, 0.2) is 0 Å². The predicted octanol–water partition coefficient (Wildman–Crippen LogP) is 0.294. The Kier molecular flexibility index (Phi) is 3.08. The molecule has 0 aromatic rings. The Balaban J connectivity index is 2.93. The third kappa shape index (κ3) is 2.36. The first-order chi connectivity index (χ1) is 6.99. The molecule has 0 unspecified atom stereocenters. The highest BCUT2D eigenvalue weighted by Gasteiger charge is 2.52. The van der Waals surface area contributed by atoms with Crippen molar-refractivity contribution in [3.8, 4) is 0 Å². The molecule has 0 spiro atoms. The van der Waals surface area contributed by atoms with Crippen LogP contribution < -0.4 is 0 Å². The minimum atomic E-state index is -3.80. The second-order valence-corrected chi connectivity index (χ2v) is 6.60. The maximum Gasteiger partial charge on any atom is 0.339 e. The summed E-state index contributed by atoms with van der Waals surface area (Å²) in [5.74, 6) is -0.608. The highest BCUT2D eigenvalue weighted by atomic mass is 32.2. The topological polar surface area (TPSA) is 72.9 Å². The number of nitrogens with zero attached hydrogens (tertiary/aromatic N) is 1. The second-order valence-electron chi connectivity index (χ2n) is 4.96. The molecule has 0 radical (unpaired) electrons. The SMILES string of the molecule is CN1[C@](C)(C(=O)OC(C)(C)C)COS1(=O)=O.